The van der Waals surface area contributed by atoms with Gasteiger partial charge in [-0.2, -0.15) is 0 Å². The second kappa shape index (κ2) is 9.13. The molecule has 0 amide bonds. The molecule has 0 unspecified atom stereocenters. The Labute approximate surface area is 201 Å². The fourth-order valence-electron chi connectivity index (χ4n) is 4.67. The molecular formula is C26H25F3N4O2. The summed E-state index contributed by atoms with van der Waals surface area (Å²) in [5, 5.41) is 4.32. The Balaban J connectivity index is 1.45. The van der Waals surface area contributed by atoms with E-state index in [2.05, 4.69) is 15.0 Å². The first-order valence-electron chi connectivity index (χ1n) is 11.4. The van der Waals surface area contributed by atoms with Crippen molar-refractivity contribution in [2.45, 2.75) is 38.8 Å². The fourth-order valence-corrected chi connectivity index (χ4v) is 4.67. The number of piperidine rings is 1. The molecule has 5 rings (SSSR count). The van der Waals surface area contributed by atoms with E-state index in [0.717, 1.165) is 54.0 Å². The van der Waals surface area contributed by atoms with Crippen LogP contribution >= 0.6 is 0 Å². The lowest BCUT2D eigenvalue weighted by Gasteiger charge is -2.42. The summed E-state index contributed by atoms with van der Waals surface area (Å²) in [4.78, 5) is 12.1. The third-order valence-electron chi connectivity index (χ3n) is 6.46. The van der Waals surface area contributed by atoms with Crippen LogP contribution in [0.3, 0.4) is 0 Å². The number of benzene rings is 2. The Bertz CT molecular complexity index is 1310. The largest absolute Gasteiger partial charge is 0.495 e. The standard InChI is InChI=1S/C26H25F3N4O2/c1-15-13-32(14-30-15)22-7-6-17(10-23(22)34-3)9-18-5-4-8-33-16(2)25(35-31-26(18)33)19-11-20(27)24(29)21(28)12-19/h6-7,9-14,16,25H,4-5,8H2,1-3H3/t16-,25-/m0/s1. The van der Waals surface area contributed by atoms with Crippen molar-refractivity contribution in [2.75, 3.05) is 13.7 Å². The number of methoxy groups -OCH3 is 1. The van der Waals surface area contributed by atoms with Gasteiger partial charge in [0.15, 0.2) is 29.4 Å². The van der Waals surface area contributed by atoms with Crippen LogP contribution in [0.25, 0.3) is 11.8 Å². The predicted octanol–water partition coefficient (Wildman–Crippen LogP) is 5.56. The Kier molecular flexibility index (Phi) is 6.00. The maximum Gasteiger partial charge on any atom is 0.194 e. The van der Waals surface area contributed by atoms with Crippen molar-refractivity contribution in [2.24, 2.45) is 5.16 Å². The molecule has 0 saturated carbocycles. The van der Waals surface area contributed by atoms with Gasteiger partial charge >= 0.3 is 0 Å². The Morgan fingerprint density at radius 1 is 1.14 bits per heavy atom. The summed E-state index contributed by atoms with van der Waals surface area (Å²) in [6.45, 7) is 4.57. The molecule has 1 aromatic heterocycles. The van der Waals surface area contributed by atoms with Gasteiger partial charge in [-0.05, 0) is 68.2 Å². The highest BCUT2D eigenvalue weighted by Gasteiger charge is 2.37. The van der Waals surface area contributed by atoms with Crippen LogP contribution in [0.15, 0.2) is 53.6 Å². The van der Waals surface area contributed by atoms with E-state index in [9.17, 15) is 13.2 Å². The average molecular weight is 483 g/mol. The highest BCUT2D eigenvalue weighted by Crippen LogP contribution is 2.36. The zero-order chi connectivity index (χ0) is 24.7. The van der Waals surface area contributed by atoms with Gasteiger partial charge in [-0.25, -0.2) is 18.2 Å². The van der Waals surface area contributed by atoms with E-state index in [1.54, 1.807) is 13.4 Å². The normalized spacial score (nSPS) is 20.9. The van der Waals surface area contributed by atoms with Crippen LogP contribution in [0.5, 0.6) is 5.75 Å². The number of amidine groups is 1. The van der Waals surface area contributed by atoms with Crippen molar-refractivity contribution in [3.05, 3.63) is 82.7 Å². The van der Waals surface area contributed by atoms with Crippen LogP contribution in [0.1, 0.15) is 42.7 Å². The van der Waals surface area contributed by atoms with E-state index in [-0.39, 0.29) is 11.6 Å². The molecule has 2 aliphatic rings. The zero-order valence-electron chi connectivity index (χ0n) is 19.6. The van der Waals surface area contributed by atoms with Crippen LogP contribution in [0, 0.1) is 24.4 Å². The summed E-state index contributed by atoms with van der Waals surface area (Å²) < 4.78 is 48.6. The van der Waals surface area contributed by atoms with Crippen LogP contribution in [0.2, 0.25) is 0 Å². The second-order valence-electron chi connectivity index (χ2n) is 8.80. The van der Waals surface area contributed by atoms with Crippen LogP contribution in [-0.4, -0.2) is 40.0 Å². The van der Waals surface area contributed by atoms with Gasteiger partial charge in [-0.1, -0.05) is 11.2 Å². The second-order valence-corrected chi connectivity index (χ2v) is 8.80. The molecule has 0 aliphatic carbocycles. The molecule has 2 aromatic carbocycles. The summed E-state index contributed by atoms with van der Waals surface area (Å²) in [6, 6.07) is 7.61. The molecule has 6 nitrogen and oxygen atoms in total. The lowest BCUT2D eigenvalue weighted by molar-refractivity contribution is -0.0159. The Morgan fingerprint density at radius 2 is 1.91 bits per heavy atom. The molecule has 0 bridgehead atoms. The summed E-state index contributed by atoms with van der Waals surface area (Å²) >= 11 is 0. The Morgan fingerprint density at radius 3 is 2.60 bits per heavy atom. The number of rotatable bonds is 4. The molecule has 2 atom stereocenters. The monoisotopic (exact) mass is 482 g/mol. The molecule has 35 heavy (non-hydrogen) atoms. The lowest BCUT2D eigenvalue weighted by atomic mass is 9.94. The SMILES string of the molecule is COc1cc(C=C2CCCN3C2=NO[C@H](c2cc(F)c(F)c(F)c2)[C@@H]3C)ccc1-n1cnc(C)c1. The van der Waals surface area contributed by atoms with Crippen molar-refractivity contribution in [1.29, 1.82) is 0 Å². The molecule has 1 saturated heterocycles. The van der Waals surface area contributed by atoms with Crippen molar-refractivity contribution in [3.8, 4) is 11.4 Å². The minimum atomic E-state index is -1.49. The van der Waals surface area contributed by atoms with Gasteiger partial charge in [0.25, 0.3) is 0 Å². The molecule has 3 aromatic rings. The zero-order valence-corrected chi connectivity index (χ0v) is 19.6. The van der Waals surface area contributed by atoms with Gasteiger partial charge < -0.3 is 19.0 Å². The van der Waals surface area contributed by atoms with E-state index in [0.29, 0.717) is 11.6 Å². The van der Waals surface area contributed by atoms with Crippen LogP contribution < -0.4 is 4.74 Å². The summed E-state index contributed by atoms with van der Waals surface area (Å²) in [6.07, 6.45) is 6.69. The number of fused-ring (bicyclic) bond motifs is 1. The summed E-state index contributed by atoms with van der Waals surface area (Å²) in [5.41, 5.74) is 3.94. The number of oxime groups is 1. The van der Waals surface area contributed by atoms with Crippen molar-refractivity contribution in [3.63, 3.8) is 0 Å². The number of hydrogen-bond acceptors (Lipinski definition) is 5. The average Bonchev–Trinajstić information content (AvgIpc) is 3.28. The van der Waals surface area contributed by atoms with Gasteiger partial charge in [0.2, 0.25) is 0 Å². The maximum absolute atomic E-state index is 13.8. The van der Waals surface area contributed by atoms with Crippen molar-refractivity contribution < 1.29 is 22.7 Å². The molecule has 1 fully saturated rings. The molecule has 0 spiro atoms. The molecule has 9 heteroatoms. The Hall–Kier alpha value is -3.75. The molecule has 0 N–H and O–H groups in total. The van der Waals surface area contributed by atoms with Gasteiger partial charge in [0.05, 0.1) is 30.9 Å². The molecule has 2 aliphatic heterocycles. The number of nitrogens with zero attached hydrogens (tertiary/aromatic N) is 4. The minimum absolute atomic E-state index is 0.211. The number of aromatic nitrogens is 2. The topological polar surface area (TPSA) is 51.9 Å². The first-order valence-corrected chi connectivity index (χ1v) is 11.4. The molecular weight excluding hydrogens is 457 g/mol. The smallest absolute Gasteiger partial charge is 0.194 e. The van der Waals surface area contributed by atoms with Crippen molar-refractivity contribution >= 4 is 11.9 Å². The van der Waals surface area contributed by atoms with Crippen LogP contribution in [0.4, 0.5) is 13.2 Å². The number of hydrogen-bond donors (Lipinski definition) is 0. The predicted molar refractivity (Wildman–Crippen MR) is 126 cm³/mol. The summed E-state index contributed by atoms with van der Waals surface area (Å²) in [5.74, 6) is -2.58. The lowest BCUT2D eigenvalue weighted by Crippen LogP contribution is -2.49. The number of ether oxygens (including phenoxy) is 1. The van der Waals surface area contributed by atoms with Gasteiger partial charge in [-0.3, -0.25) is 0 Å². The van der Waals surface area contributed by atoms with Gasteiger partial charge in [-0.15, -0.1) is 0 Å². The maximum atomic E-state index is 13.8. The number of halogens is 3. The highest BCUT2D eigenvalue weighted by molar-refractivity contribution is 6.03. The minimum Gasteiger partial charge on any atom is -0.495 e. The molecule has 0 radical (unpaired) electrons. The third-order valence-corrected chi connectivity index (χ3v) is 6.46. The van der Waals surface area contributed by atoms with Gasteiger partial charge in [0, 0.05) is 18.3 Å². The van der Waals surface area contributed by atoms with Gasteiger partial charge in [0.1, 0.15) is 5.75 Å². The van der Waals surface area contributed by atoms with E-state index in [4.69, 9.17) is 9.57 Å². The quantitative estimate of drug-likeness (QED) is 0.457. The van der Waals surface area contributed by atoms with Crippen molar-refractivity contribution in [1.82, 2.24) is 14.5 Å². The molecule has 3 heterocycles. The van der Waals surface area contributed by atoms with Crippen LogP contribution in [-0.2, 0) is 4.84 Å². The molecule has 182 valence electrons. The van der Waals surface area contributed by atoms with E-state index >= 15 is 0 Å². The fraction of sp³-hybridized carbons (Fsp3) is 0.308. The third kappa shape index (κ3) is 4.26. The van der Waals surface area contributed by atoms with E-state index < -0.39 is 23.6 Å². The highest BCUT2D eigenvalue weighted by atomic mass is 19.2. The first-order chi connectivity index (χ1) is 16.9. The number of aryl methyl sites for hydroxylation is 1. The van der Waals surface area contributed by atoms with E-state index in [1.807, 2.05) is 48.9 Å². The first kappa shape index (κ1) is 23.0. The number of imidazole rings is 1. The summed E-state index contributed by atoms with van der Waals surface area (Å²) in [7, 11) is 1.63. The van der Waals surface area contributed by atoms with E-state index in [1.165, 1.54) is 0 Å².